The Labute approximate surface area is 57.8 Å². The molecule has 1 heterocycles. The van der Waals surface area contributed by atoms with Gasteiger partial charge in [0.1, 0.15) is 0 Å². The zero-order valence-electron chi connectivity index (χ0n) is 6.56. The molecule has 0 aliphatic carbocycles. The van der Waals surface area contributed by atoms with Gasteiger partial charge in [-0.05, 0) is 6.42 Å². The molecule has 9 heavy (non-hydrogen) atoms. The van der Waals surface area contributed by atoms with Crippen molar-refractivity contribution in [1.29, 1.82) is 0 Å². The van der Waals surface area contributed by atoms with Crippen LogP contribution in [0.15, 0.2) is 0 Å². The Morgan fingerprint density at radius 2 is 2.44 bits per heavy atom. The van der Waals surface area contributed by atoms with E-state index in [9.17, 15) is 0 Å². The second-order valence-electron chi connectivity index (χ2n) is 3.22. The lowest BCUT2D eigenvalue weighted by Crippen LogP contribution is -2.87. The number of hydrogen-bond donors (Lipinski definition) is 1. The maximum absolute atomic E-state index is 2.51. The molecule has 0 aromatic carbocycles. The summed E-state index contributed by atoms with van der Waals surface area (Å²) in [5.41, 5.74) is 0. The van der Waals surface area contributed by atoms with Crippen LogP contribution in [0.3, 0.4) is 0 Å². The third-order valence-electron chi connectivity index (χ3n) is 2.59. The summed E-state index contributed by atoms with van der Waals surface area (Å²) in [6, 6.07) is 0.954. The average Bonchev–Trinajstić information content (AvgIpc) is 2.37. The minimum Gasteiger partial charge on any atom is -0.344 e. The lowest BCUT2D eigenvalue weighted by molar-refractivity contribution is -0.676. The topological polar surface area (TPSA) is 16.6 Å². The smallest absolute Gasteiger partial charge is 0.0886 e. The molecular weight excluding hydrogens is 110 g/mol. The Kier molecular flexibility index (Phi) is 2.52. The van der Waals surface area contributed by atoms with Gasteiger partial charge in [0, 0.05) is 18.8 Å². The molecule has 0 amide bonds. The van der Waals surface area contributed by atoms with Crippen LogP contribution in [0.1, 0.15) is 33.1 Å². The highest BCUT2D eigenvalue weighted by Gasteiger charge is 2.22. The molecule has 0 radical (unpaired) electrons. The molecule has 2 atom stereocenters. The van der Waals surface area contributed by atoms with Crippen molar-refractivity contribution in [3.8, 4) is 0 Å². The van der Waals surface area contributed by atoms with E-state index in [1.807, 2.05) is 0 Å². The summed E-state index contributed by atoms with van der Waals surface area (Å²) < 4.78 is 0. The largest absolute Gasteiger partial charge is 0.344 e. The van der Waals surface area contributed by atoms with E-state index in [0.29, 0.717) is 0 Å². The molecule has 0 spiro atoms. The first-order chi connectivity index (χ1) is 4.34. The Balaban J connectivity index is 2.24. The van der Waals surface area contributed by atoms with Gasteiger partial charge in [-0.25, -0.2) is 0 Å². The van der Waals surface area contributed by atoms with Crippen LogP contribution < -0.4 is 5.32 Å². The molecule has 2 N–H and O–H groups in total. The molecule has 1 fully saturated rings. The highest BCUT2D eigenvalue weighted by molar-refractivity contribution is 4.65. The lowest BCUT2D eigenvalue weighted by atomic mass is 9.98. The third kappa shape index (κ3) is 1.68. The van der Waals surface area contributed by atoms with Crippen molar-refractivity contribution in [2.75, 3.05) is 6.54 Å². The van der Waals surface area contributed by atoms with Crippen LogP contribution in [0.4, 0.5) is 0 Å². The van der Waals surface area contributed by atoms with Gasteiger partial charge in [-0.15, -0.1) is 0 Å². The van der Waals surface area contributed by atoms with Crippen molar-refractivity contribution in [2.24, 2.45) is 5.92 Å². The van der Waals surface area contributed by atoms with Crippen molar-refractivity contribution in [1.82, 2.24) is 0 Å². The molecule has 0 aromatic heterocycles. The van der Waals surface area contributed by atoms with E-state index in [2.05, 4.69) is 19.2 Å². The molecule has 0 bridgehead atoms. The zero-order valence-corrected chi connectivity index (χ0v) is 6.56. The summed E-state index contributed by atoms with van der Waals surface area (Å²) in [4.78, 5) is 0. The molecule has 54 valence electrons. The van der Waals surface area contributed by atoms with E-state index in [-0.39, 0.29) is 0 Å². The molecule has 1 heteroatoms. The van der Waals surface area contributed by atoms with Crippen LogP contribution in [0.25, 0.3) is 0 Å². The maximum atomic E-state index is 2.51. The first kappa shape index (κ1) is 7.07. The van der Waals surface area contributed by atoms with Gasteiger partial charge < -0.3 is 5.32 Å². The maximum Gasteiger partial charge on any atom is 0.0886 e. The molecule has 0 aromatic rings. The standard InChI is InChI=1S/C8H17N/c1-3-7(2)8-5-4-6-9-8/h7-9H,3-6H2,1-2H3/p+1/t7-,8+/m0/s1. The molecule has 1 rings (SSSR count). The highest BCUT2D eigenvalue weighted by atomic mass is 14.9. The average molecular weight is 128 g/mol. The van der Waals surface area contributed by atoms with E-state index in [1.165, 1.54) is 25.8 Å². The van der Waals surface area contributed by atoms with Crippen LogP contribution in [0, 0.1) is 5.92 Å². The van der Waals surface area contributed by atoms with Crippen LogP contribution in [0.5, 0.6) is 0 Å². The Morgan fingerprint density at radius 1 is 1.67 bits per heavy atom. The Bertz CT molecular complexity index is 74.6. The number of nitrogens with two attached hydrogens (primary N) is 1. The van der Waals surface area contributed by atoms with Gasteiger partial charge in [0.2, 0.25) is 0 Å². The number of hydrogen-bond acceptors (Lipinski definition) is 0. The molecule has 1 saturated heterocycles. The first-order valence-corrected chi connectivity index (χ1v) is 4.18. The summed E-state index contributed by atoms with van der Waals surface area (Å²) >= 11 is 0. The van der Waals surface area contributed by atoms with E-state index in [4.69, 9.17) is 0 Å². The molecule has 1 aliphatic heterocycles. The van der Waals surface area contributed by atoms with E-state index in [1.54, 1.807) is 0 Å². The Morgan fingerprint density at radius 3 is 2.89 bits per heavy atom. The molecular formula is C8H18N+. The Hall–Kier alpha value is -0.0400. The lowest BCUT2D eigenvalue weighted by Gasteiger charge is -2.13. The molecule has 1 aliphatic rings. The third-order valence-corrected chi connectivity index (χ3v) is 2.59. The minimum absolute atomic E-state index is 0.937. The van der Waals surface area contributed by atoms with Gasteiger partial charge in [-0.2, -0.15) is 0 Å². The predicted octanol–water partition coefficient (Wildman–Crippen LogP) is 0.758. The quantitative estimate of drug-likeness (QED) is 0.565. The highest BCUT2D eigenvalue weighted by Crippen LogP contribution is 2.11. The molecule has 1 nitrogen and oxygen atoms in total. The van der Waals surface area contributed by atoms with E-state index < -0.39 is 0 Å². The van der Waals surface area contributed by atoms with Gasteiger partial charge in [-0.3, -0.25) is 0 Å². The molecule has 0 saturated carbocycles. The zero-order chi connectivity index (χ0) is 6.69. The van der Waals surface area contributed by atoms with Gasteiger partial charge in [0.15, 0.2) is 0 Å². The number of quaternary nitrogens is 1. The van der Waals surface area contributed by atoms with Gasteiger partial charge in [0.25, 0.3) is 0 Å². The second-order valence-corrected chi connectivity index (χ2v) is 3.22. The van der Waals surface area contributed by atoms with Crippen LogP contribution in [-0.2, 0) is 0 Å². The van der Waals surface area contributed by atoms with Crippen LogP contribution in [-0.4, -0.2) is 12.6 Å². The summed E-state index contributed by atoms with van der Waals surface area (Å²) in [5, 5.41) is 2.51. The summed E-state index contributed by atoms with van der Waals surface area (Å²) in [6.07, 6.45) is 4.24. The summed E-state index contributed by atoms with van der Waals surface area (Å²) in [7, 11) is 0. The predicted molar refractivity (Wildman–Crippen MR) is 39.3 cm³/mol. The van der Waals surface area contributed by atoms with E-state index in [0.717, 1.165) is 12.0 Å². The fraction of sp³-hybridized carbons (Fsp3) is 1.00. The van der Waals surface area contributed by atoms with Gasteiger partial charge in [-0.1, -0.05) is 13.8 Å². The summed E-state index contributed by atoms with van der Waals surface area (Å²) in [6.45, 7) is 6.03. The SMILES string of the molecule is CC[C@H](C)[C@H]1CCC[NH2+]1. The minimum atomic E-state index is 0.937. The van der Waals surface area contributed by atoms with Crippen molar-refractivity contribution in [3.63, 3.8) is 0 Å². The van der Waals surface area contributed by atoms with Gasteiger partial charge >= 0.3 is 0 Å². The summed E-state index contributed by atoms with van der Waals surface area (Å²) in [5.74, 6) is 0.937. The number of rotatable bonds is 2. The fourth-order valence-corrected chi connectivity index (χ4v) is 1.62. The monoisotopic (exact) mass is 128 g/mol. The van der Waals surface area contributed by atoms with Crippen molar-refractivity contribution >= 4 is 0 Å². The van der Waals surface area contributed by atoms with Crippen molar-refractivity contribution in [2.45, 2.75) is 39.2 Å². The second kappa shape index (κ2) is 3.21. The van der Waals surface area contributed by atoms with Crippen molar-refractivity contribution in [3.05, 3.63) is 0 Å². The van der Waals surface area contributed by atoms with Crippen LogP contribution >= 0.6 is 0 Å². The normalized spacial score (nSPS) is 30.7. The first-order valence-electron chi connectivity index (χ1n) is 4.18. The van der Waals surface area contributed by atoms with E-state index >= 15 is 0 Å². The van der Waals surface area contributed by atoms with Crippen LogP contribution in [0.2, 0.25) is 0 Å². The fourth-order valence-electron chi connectivity index (χ4n) is 1.62. The molecule has 0 unspecified atom stereocenters. The van der Waals surface area contributed by atoms with Gasteiger partial charge in [0.05, 0.1) is 12.6 Å². The van der Waals surface area contributed by atoms with Crippen molar-refractivity contribution < 1.29 is 5.32 Å².